The number of hydrogen-bond donors (Lipinski definition) is 1. The smallest absolute Gasteiger partial charge is 0.218 e. The van der Waals surface area contributed by atoms with Gasteiger partial charge in [-0.15, -0.1) is 11.3 Å². The normalized spacial score (nSPS) is 12.4. The van der Waals surface area contributed by atoms with E-state index in [1.807, 2.05) is 26.2 Å². The standard InChI is InChI=1S/C12H16N4OS/c1-8(2)17-11-6-10(14-7-15-11)16-9(3)12-13-4-5-18-12/h4-9H,1-3H3,(H,14,15,16). The molecule has 0 spiro atoms. The highest BCUT2D eigenvalue weighted by Gasteiger charge is 2.09. The van der Waals surface area contributed by atoms with Gasteiger partial charge in [-0.2, -0.15) is 0 Å². The lowest BCUT2D eigenvalue weighted by Gasteiger charge is -2.13. The highest BCUT2D eigenvalue weighted by atomic mass is 32.1. The number of ether oxygens (including phenoxy) is 1. The van der Waals surface area contributed by atoms with Crippen LogP contribution < -0.4 is 10.1 Å². The first-order valence-electron chi connectivity index (χ1n) is 5.80. The van der Waals surface area contributed by atoms with E-state index in [1.54, 1.807) is 23.6 Å². The molecule has 6 heteroatoms. The van der Waals surface area contributed by atoms with Crippen LogP contribution in [0.5, 0.6) is 5.88 Å². The minimum absolute atomic E-state index is 0.101. The fourth-order valence-corrected chi connectivity index (χ4v) is 2.10. The number of rotatable bonds is 5. The Balaban J connectivity index is 2.05. The Morgan fingerprint density at radius 1 is 1.22 bits per heavy atom. The van der Waals surface area contributed by atoms with Crippen LogP contribution in [-0.2, 0) is 0 Å². The molecule has 1 unspecified atom stereocenters. The molecule has 0 bridgehead atoms. The van der Waals surface area contributed by atoms with E-state index in [4.69, 9.17) is 4.74 Å². The first kappa shape index (κ1) is 12.8. The molecule has 96 valence electrons. The molecular weight excluding hydrogens is 248 g/mol. The quantitative estimate of drug-likeness (QED) is 0.899. The van der Waals surface area contributed by atoms with Crippen molar-refractivity contribution in [2.24, 2.45) is 0 Å². The SMILES string of the molecule is CC(C)Oc1cc(NC(C)c2nccs2)ncn1. The van der Waals surface area contributed by atoms with E-state index in [2.05, 4.69) is 20.3 Å². The Morgan fingerprint density at radius 2 is 2.06 bits per heavy atom. The molecule has 5 nitrogen and oxygen atoms in total. The summed E-state index contributed by atoms with van der Waals surface area (Å²) >= 11 is 1.62. The lowest BCUT2D eigenvalue weighted by atomic mass is 10.3. The van der Waals surface area contributed by atoms with E-state index < -0.39 is 0 Å². The Labute approximate surface area is 110 Å². The van der Waals surface area contributed by atoms with Crippen LogP contribution in [-0.4, -0.2) is 21.1 Å². The Kier molecular flexibility index (Phi) is 4.09. The Bertz CT molecular complexity index is 487. The minimum atomic E-state index is 0.101. The van der Waals surface area contributed by atoms with E-state index in [0.717, 1.165) is 10.8 Å². The summed E-state index contributed by atoms with van der Waals surface area (Å²) < 4.78 is 5.52. The molecule has 0 amide bonds. The summed E-state index contributed by atoms with van der Waals surface area (Å²) in [7, 11) is 0. The first-order chi connectivity index (χ1) is 8.65. The molecule has 2 heterocycles. The van der Waals surface area contributed by atoms with Crippen LogP contribution in [0.4, 0.5) is 5.82 Å². The zero-order valence-electron chi connectivity index (χ0n) is 10.6. The van der Waals surface area contributed by atoms with Crippen molar-refractivity contribution in [1.29, 1.82) is 0 Å². The summed E-state index contributed by atoms with van der Waals surface area (Å²) in [6.45, 7) is 5.98. The van der Waals surface area contributed by atoms with Crippen molar-refractivity contribution in [3.05, 3.63) is 29.0 Å². The summed E-state index contributed by atoms with van der Waals surface area (Å²) in [5, 5.41) is 6.26. The second-order valence-corrected chi connectivity index (χ2v) is 5.07. The van der Waals surface area contributed by atoms with Crippen LogP contribution in [0.25, 0.3) is 0 Å². The van der Waals surface area contributed by atoms with Gasteiger partial charge in [0.1, 0.15) is 17.2 Å². The molecular formula is C12H16N4OS. The third-order valence-corrected chi connectivity index (χ3v) is 3.14. The van der Waals surface area contributed by atoms with Crippen LogP contribution >= 0.6 is 11.3 Å². The maximum atomic E-state index is 5.52. The van der Waals surface area contributed by atoms with Gasteiger partial charge in [-0.05, 0) is 20.8 Å². The maximum Gasteiger partial charge on any atom is 0.218 e. The maximum absolute atomic E-state index is 5.52. The number of nitrogens with one attached hydrogen (secondary N) is 1. The van der Waals surface area contributed by atoms with E-state index >= 15 is 0 Å². The molecule has 0 aliphatic heterocycles. The third-order valence-electron chi connectivity index (χ3n) is 2.18. The lowest BCUT2D eigenvalue weighted by Crippen LogP contribution is -2.10. The average molecular weight is 264 g/mol. The molecule has 0 aliphatic carbocycles. The zero-order chi connectivity index (χ0) is 13.0. The van der Waals surface area contributed by atoms with Crippen molar-refractivity contribution in [1.82, 2.24) is 15.0 Å². The fraction of sp³-hybridized carbons (Fsp3) is 0.417. The molecule has 0 saturated carbocycles. The summed E-state index contributed by atoms with van der Waals surface area (Å²) in [6.07, 6.45) is 3.39. The van der Waals surface area contributed by atoms with Gasteiger partial charge in [0.2, 0.25) is 5.88 Å². The second kappa shape index (κ2) is 5.77. The van der Waals surface area contributed by atoms with Crippen LogP contribution in [0.3, 0.4) is 0 Å². The molecule has 2 aromatic rings. The molecule has 0 radical (unpaired) electrons. The van der Waals surface area contributed by atoms with E-state index in [1.165, 1.54) is 6.33 Å². The van der Waals surface area contributed by atoms with Crippen molar-refractivity contribution >= 4 is 17.2 Å². The van der Waals surface area contributed by atoms with Crippen LogP contribution in [0.2, 0.25) is 0 Å². The van der Waals surface area contributed by atoms with E-state index in [9.17, 15) is 0 Å². The monoisotopic (exact) mass is 264 g/mol. The third kappa shape index (κ3) is 3.40. The second-order valence-electron chi connectivity index (χ2n) is 4.14. The van der Waals surface area contributed by atoms with E-state index in [0.29, 0.717) is 5.88 Å². The molecule has 0 aliphatic rings. The first-order valence-corrected chi connectivity index (χ1v) is 6.67. The van der Waals surface area contributed by atoms with Gasteiger partial charge in [0, 0.05) is 17.6 Å². The topological polar surface area (TPSA) is 59.9 Å². The molecule has 1 atom stereocenters. The van der Waals surface area contributed by atoms with Gasteiger partial charge in [0.15, 0.2) is 0 Å². The lowest BCUT2D eigenvalue weighted by molar-refractivity contribution is 0.232. The molecule has 2 rings (SSSR count). The highest BCUT2D eigenvalue weighted by molar-refractivity contribution is 7.09. The molecule has 2 aromatic heterocycles. The Morgan fingerprint density at radius 3 is 2.72 bits per heavy atom. The Hall–Kier alpha value is -1.69. The number of thiazole rings is 1. The van der Waals surface area contributed by atoms with Crippen molar-refractivity contribution in [3.8, 4) is 5.88 Å². The van der Waals surface area contributed by atoms with Crippen molar-refractivity contribution in [3.63, 3.8) is 0 Å². The molecule has 0 fully saturated rings. The van der Waals surface area contributed by atoms with E-state index in [-0.39, 0.29) is 12.1 Å². The number of hydrogen-bond acceptors (Lipinski definition) is 6. The van der Waals surface area contributed by atoms with Gasteiger partial charge in [-0.3, -0.25) is 0 Å². The van der Waals surface area contributed by atoms with Crippen molar-refractivity contribution in [2.75, 3.05) is 5.32 Å². The number of aromatic nitrogens is 3. The number of anilines is 1. The van der Waals surface area contributed by atoms with Crippen molar-refractivity contribution in [2.45, 2.75) is 32.9 Å². The molecule has 0 aromatic carbocycles. The number of nitrogens with zero attached hydrogens (tertiary/aromatic N) is 3. The van der Waals surface area contributed by atoms with Crippen LogP contribution in [0.15, 0.2) is 24.0 Å². The van der Waals surface area contributed by atoms with Crippen LogP contribution in [0, 0.1) is 0 Å². The largest absolute Gasteiger partial charge is 0.475 e. The van der Waals surface area contributed by atoms with Gasteiger partial charge in [0.25, 0.3) is 0 Å². The summed E-state index contributed by atoms with van der Waals surface area (Å²) in [5.41, 5.74) is 0. The van der Waals surface area contributed by atoms with Crippen LogP contribution in [0.1, 0.15) is 31.8 Å². The minimum Gasteiger partial charge on any atom is -0.475 e. The van der Waals surface area contributed by atoms with Gasteiger partial charge < -0.3 is 10.1 Å². The summed E-state index contributed by atoms with van der Waals surface area (Å²) in [6, 6.07) is 1.91. The fourth-order valence-electron chi connectivity index (χ4n) is 1.46. The van der Waals surface area contributed by atoms with Gasteiger partial charge in [-0.1, -0.05) is 0 Å². The van der Waals surface area contributed by atoms with Gasteiger partial charge in [0.05, 0.1) is 12.1 Å². The molecule has 18 heavy (non-hydrogen) atoms. The van der Waals surface area contributed by atoms with Gasteiger partial charge >= 0.3 is 0 Å². The highest BCUT2D eigenvalue weighted by Crippen LogP contribution is 2.21. The zero-order valence-corrected chi connectivity index (χ0v) is 11.4. The molecule has 0 saturated heterocycles. The predicted molar refractivity (Wildman–Crippen MR) is 71.9 cm³/mol. The molecule has 1 N–H and O–H groups in total. The summed E-state index contributed by atoms with van der Waals surface area (Å²) in [4.78, 5) is 12.5. The average Bonchev–Trinajstić information content (AvgIpc) is 2.81. The summed E-state index contributed by atoms with van der Waals surface area (Å²) in [5.74, 6) is 1.32. The van der Waals surface area contributed by atoms with Gasteiger partial charge in [-0.25, -0.2) is 15.0 Å². The predicted octanol–water partition coefficient (Wildman–Crippen LogP) is 2.89. The van der Waals surface area contributed by atoms with Crippen molar-refractivity contribution < 1.29 is 4.74 Å².